The van der Waals surface area contributed by atoms with Gasteiger partial charge in [-0.05, 0) is 62.2 Å². The van der Waals surface area contributed by atoms with Crippen LogP contribution in [-0.4, -0.2) is 79.1 Å². The van der Waals surface area contributed by atoms with Crippen LogP contribution < -0.4 is 20.9 Å². The fourth-order valence-electron chi connectivity index (χ4n) is 5.31. The van der Waals surface area contributed by atoms with Gasteiger partial charge in [0.15, 0.2) is 11.4 Å². The number of nitro benzene ring substituents is 1. The quantitative estimate of drug-likeness (QED) is 0.215. The number of carbonyl (C=O) groups is 1. The number of thiazole rings is 1. The maximum atomic E-state index is 12.4. The van der Waals surface area contributed by atoms with E-state index in [9.17, 15) is 20.0 Å². The standard InChI is InChI=1S/C27H33N7O4S/c1-31-11-13-32(14-12-31)21-7-5-20(6-8-21)29-27-30-26(28)25(39-27)23-19(17-36)4-9-22(24(23)34(37)38)33-10-2-3-18(15-33)16-35/h4-9,17-18,35H,2-3,10-16,28H2,1H3,(H,29,30). The first-order valence-corrected chi connectivity index (χ1v) is 13.9. The smallest absolute Gasteiger partial charge is 0.301 e. The Balaban J connectivity index is 1.44. The molecule has 0 spiro atoms. The van der Waals surface area contributed by atoms with Gasteiger partial charge in [-0.2, -0.15) is 0 Å². The number of aromatic nitrogens is 1. The molecule has 0 radical (unpaired) electrons. The summed E-state index contributed by atoms with van der Waals surface area (Å²) in [6.07, 6.45) is 2.30. The summed E-state index contributed by atoms with van der Waals surface area (Å²) in [6, 6.07) is 11.3. The summed E-state index contributed by atoms with van der Waals surface area (Å²) < 4.78 is 0. The molecule has 2 aliphatic rings. The molecule has 2 aliphatic heterocycles. The molecule has 0 aliphatic carbocycles. The van der Waals surface area contributed by atoms with E-state index in [2.05, 4.69) is 39.3 Å². The van der Waals surface area contributed by atoms with Gasteiger partial charge in [0.25, 0.3) is 0 Å². The Hall–Kier alpha value is -3.74. The van der Waals surface area contributed by atoms with Crippen molar-refractivity contribution in [1.29, 1.82) is 0 Å². The molecule has 2 saturated heterocycles. The normalized spacial score (nSPS) is 18.3. The van der Waals surface area contributed by atoms with Crippen molar-refractivity contribution in [3.05, 3.63) is 52.1 Å². The van der Waals surface area contributed by atoms with Gasteiger partial charge in [-0.1, -0.05) is 11.3 Å². The summed E-state index contributed by atoms with van der Waals surface area (Å²) in [5.41, 5.74) is 8.85. The molecule has 12 heteroatoms. The first kappa shape index (κ1) is 26.9. The first-order valence-electron chi connectivity index (χ1n) is 13.1. The van der Waals surface area contributed by atoms with Crippen LogP contribution in [-0.2, 0) is 0 Å². The minimum atomic E-state index is -0.455. The van der Waals surface area contributed by atoms with Crippen LogP contribution >= 0.6 is 11.3 Å². The molecule has 1 atom stereocenters. The van der Waals surface area contributed by atoms with Crippen molar-refractivity contribution in [2.75, 3.05) is 73.8 Å². The Morgan fingerprint density at radius 3 is 2.56 bits per heavy atom. The number of aliphatic hydroxyl groups is 1. The van der Waals surface area contributed by atoms with Gasteiger partial charge < -0.3 is 30.9 Å². The SMILES string of the molecule is CN1CCN(c2ccc(Nc3nc(N)c(-c4c(C=O)ccc(N5CCCC(CO)C5)c4[N+](=O)[O-])s3)cc2)CC1. The number of nitrogen functional groups attached to an aromatic ring is 1. The predicted molar refractivity (Wildman–Crippen MR) is 155 cm³/mol. The molecule has 2 fully saturated rings. The molecule has 1 aromatic heterocycles. The van der Waals surface area contributed by atoms with E-state index in [4.69, 9.17) is 5.73 Å². The van der Waals surface area contributed by atoms with Crippen molar-refractivity contribution in [1.82, 2.24) is 9.88 Å². The van der Waals surface area contributed by atoms with E-state index in [0.717, 1.165) is 50.4 Å². The maximum Gasteiger partial charge on any atom is 0.301 e. The zero-order chi connectivity index (χ0) is 27.5. The summed E-state index contributed by atoms with van der Waals surface area (Å²) in [6.45, 7) is 5.17. The molecular weight excluding hydrogens is 518 g/mol. The number of likely N-dealkylation sites (N-methyl/N-ethyl adjacent to an activating group) is 1. The molecule has 3 heterocycles. The van der Waals surface area contributed by atoms with Crippen molar-refractivity contribution in [2.24, 2.45) is 5.92 Å². The van der Waals surface area contributed by atoms with E-state index in [1.54, 1.807) is 12.1 Å². The summed E-state index contributed by atoms with van der Waals surface area (Å²) in [5.74, 6) is 0.159. The molecule has 0 amide bonds. The van der Waals surface area contributed by atoms with Gasteiger partial charge in [-0.25, -0.2) is 4.98 Å². The van der Waals surface area contributed by atoms with Crippen LogP contribution in [0.4, 0.5) is 33.7 Å². The van der Waals surface area contributed by atoms with Crippen LogP contribution in [0, 0.1) is 16.0 Å². The van der Waals surface area contributed by atoms with Gasteiger partial charge in [-0.15, -0.1) is 0 Å². The van der Waals surface area contributed by atoms with Crippen molar-refractivity contribution in [3.63, 3.8) is 0 Å². The van der Waals surface area contributed by atoms with Gasteiger partial charge in [0.1, 0.15) is 11.5 Å². The van der Waals surface area contributed by atoms with E-state index in [1.807, 2.05) is 17.0 Å². The van der Waals surface area contributed by atoms with E-state index < -0.39 is 4.92 Å². The summed E-state index contributed by atoms with van der Waals surface area (Å²) in [4.78, 5) is 35.3. The molecule has 3 aromatic rings. The minimum absolute atomic E-state index is 0.0246. The fraction of sp³-hybridized carbons (Fsp3) is 0.407. The highest BCUT2D eigenvalue weighted by Gasteiger charge is 2.32. The third-order valence-electron chi connectivity index (χ3n) is 7.48. The number of benzene rings is 2. The number of piperazine rings is 1. The fourth-order valence-corrected chi connectivity index (χ4v) is 6.29. The number of rotatable bonds is 8. The monoisotopic (exact) mass is 551 g/mol. The second-order valence-corrected chi connectivity index (χ2v) is 11.1. The highest BCUT2D eigenvalue weighted by molar-refractivity contribution is 7.19. The van der Waals surface area contributed by atoms with E-state index in [1.165, 1.54) is 11.3 Å². The second kappa shape index (κ2) is 11.6. The lowest BCUT2D eigenvalue weighted by atomic mass is 9.96. The average Bonchev–Trinajstić information content (AvgIpc) is 3.32. The zero-order valence-electron chi connectivity index (χ0n) is 21.9. The topological polar surface area (TPSA) is 141 Å². The number of piperidine rings is 1. The number of nitrogens with zero attached hydrogens (tertiary/aromatic N) is 5. The van der Waals surface area contributed by atoms with Gasteiger partial charge in [-0.3, -0.25) is 14.9 Å². The third kappa shape index (κ3) is 5.68. The number of aliphatic hydroxyl groups excluding tert-OH is 1. The Morgan fingerprint density at radius 1 is 1.15 bits per heavy atom. The van der Waals surface area contributed by atoms with Crippen LogP contribution in [0.5, 0.6) is 0 Å². The minimum Gasteiger partial charge on any atom is -0.396 e. The lowest BCUT2D eigenvalue weighted by molar-refractivity contribution is -0.383. The molecule has 206 valence electrons. The number of aldehydes is 1. The summed E-state index contributed by atoms with van der Waals surface area (Å²) in [7, 11) is 2.13. The molecule has 1 unspecified atom stereocenters. The number of hydrogen-bond acceptors (Lipinski definition) is 11. The number of nitrogens with two attached hydrogens (primary N) is 1. The largest absolute Gasteiger partial charge is 0.396 e. The Labute approximate surface area is 231 Å². The van der Waals surface area contributed by atoms with Crippen molar-refractivity contribution >= 4 is 51.3 Å². The molecule has 11 nitrogen and oxygen atoms in total. The third-order valence-corrected chi connectivity index (χ3v) is 8.49. The number of hydrogen-bond donors (Lipinski definition) is 3. The van der Waals surface area contributed by atoms with E-state index >= 15 is 0 Å². The Morgan fingerprint density at radius 2 is 1.90 bits per heavy atom. The van der Waals surface area contributed by atoms with Gasteiger partial charge in [0.05, 0.1) is 15.4 Å². The summed E-state index contributed by atoms with van der Waals surface area (Å²) in [5, 5.41) is 25.8. The molecule has 39 heavy (non-hydrogen) atoms. The molecular formula is C27H33N7O4S. The van der Waals surface area contributed by atoms with E-state index in [-0.39, 0.29) is 35.2 Å². The van der Waals surface area contributed by atoms with Crippen LogP contribution in [0.1, 0.15) is 23.2 Å². The lowest BCUT2D eigenvalue weighted by Gasteiger charge is -2.34. The van der Waals surface area contributed by atoms with Gasteiger partial charge in [0, 0.05) is 62.8 Å². The summed E-state index contributed by atoms with van der Waals surface area (Å²) >= 11 is 1.18. The molecule has 5 rings (SSSR count). The maximum absolute atomic E-state index is 12.4. The van der Waals surface area contributed by atoms with E-state index in [0.29, 0.717) is 35.1 Å². The van der Waals surface area contributed by atoms with Gasteiger partial charge >= 0.3 is 5.69 Å². The van der Waals surface area contributed by atoms with Crippen molar-refractivity contribution < 1.29 is 14.8 Å². The van der Waals surface area contributed by atoms with Crippen molar-refractivity contribution in [2.45, 2.75) is 12.8 Å². The number of nitro groups is 1. The average molecular weight is 552 g/mol. The molecule has 4 N–H and O–H groups in total. The highest BCUT2D eigenvalue weighted by Crippen LogP contribution is 2.46. The predicted octanol–water partition coefficient (Wildman–Crippen LogP) is 3.82. The molecule has 2 aromatic carbocycles. The molecule has 0 saturated carbocycles. The molecule has 0 bridgehead atoms. The Kier molecular flexibility index (Phi) is 7.96. The van der Waals surface area contributed by atoms with Crippen LogP contribution in [0.15, 0.2) is 36.4 Å². The number of nitrogens with one attached hydrogen (secondary N) is 1. The first-order chi connectivity index (χ1) is 18.9. The van der Waals surface area contributed by atoms with Crippen molar-refractivity contribution in [3.8, 4) is 10.4 Å². The Bertz CT molecular complexity index is 1340. The number of carbonyl (C=O) groups excluding carboxylic acids is 1. The number of anilines is 5. The zero-order valence-corrected chi connectivity index (χ0v) is 22.7. The second-order valence-electron chi connectivity index (χ2n) is 10.1. The van der Waals surface area contributed by atoms with Crippen LogP contribution in [0.3, 0.4) is 0 Å². The highest BCUT2D eigenvalue weighted by atomic mass is 32.1. The lowest BCUT2D eigenvalue weighted by Crippen LogP contribution is -2.44. The van der Waals surface area contributed by atoms with Gasteiger partial charge in [0.2, 0.25) is 0 Å². The van der Waals surface area contributed by atoms with Crippen LogP contribution in [0.25, 0.3) is 10.4 Å². The van der Waals surface area contributed by atoms with Crippen LogP contribution in [0.2, 0.25) is 0 Å².